The Bertz CT molecular complexity index is 414. The van der Waals surface area contributed by atoms with Crippen molar-refractivity contribution in [3.05, 3.63) is 24.3 Å². The van der Waals surface area contributed by atoms with Crippen LogP contribution in [0.4, 0.5) is 0 Å². The zero-order valence-corrected chi connectivity index (χ0v) is 13.0. The number of nitrogens with one attached hydrogen (secondary N) is 1. The zero-order chi connectivity index (χ0) is 15.1. The lowest BCUT2D eigenvalue weighted by molar-refractivity contribution is -0.129. The molecule has 0 heterocycles. The van der Waals surface area contributed by atoms with Crippen LogP contribution in [0.5, 0.6) is 11.5 Å². The first-order valence-corrected chi connectivity index (χ1v) is 7.09. The molecule has 4 nitrogen and oxygen atoms in total. The lowest BCUT2D eigenvalue weighted by atomic mass is 10.1. The number of hydrogen-bond acceptors (Lipinski definition) is 3. The van der Waals surface area contributed by atoms with E-state index in [0.717, 1.165) is 5.75 Å². The first-order chi connectivity index (χ1) is 9.47. The number of rotatable bonds is 7. The molecule has 0 spiro atoms. The Hall–Kier alpha value is -1.71. The predicted octanol–water partition coefficient (Wildman–Crippen LogP) is 3.01. The van der Waals surface area contributed by atoms with Gasteiger partial charge < -0.3 is 14.8 Å². The number of ether oxygens (including phenoxy) is 2. The summed E-state index contributed by atoms with van der Waals surface area (Å²) in [5, 5.41) is 2.98. The molecule has 1 aromatic rings. The van der Waals surface area contributed by atoms with Crippen molar-refractivity contribution in [2.24, 2.45) is 5.92 Å². The third-order valence-corrected chi connectivity index (χ3v) is 3.37. The molecule has 20 heavy (non-hydrogen) atoms. The van der Waals surface area contributed by atoms with Gasteiger partial charge >= 0.3 is 0 Å². The third-order valence-electron chi connectivity index (χ3n) is 3.37. The van der Waals surface area contributed by atoms with E-state index in [1.54, 1.807) is 19.2 Å². The molecule has 0 aliphatic rings. The second kappa shape index (κ2) is 7.78. The SMILES string of the molecule is CC[C@H](Oc1ccc(OC)cc1)C(=O)N[C@@H](C)C(C)C. The zero-order valence-electron chi connectivity index (χ0n) is 13.0. The molecule has 4 heteroatoms. The van der Waals surface area contributed by atoms with Gasteiger partial charge in [0.1, 0.15) is 11.5 Å². The van der Waals surface area contributed by atoms with E-state index < -0.39 is 6.10 Å². The highest BCUT2D eigenvalue weighted by Gasteiger charge is 2.21. The summed E-state index contributed by atoms with van der Waals surface area (Å²) in [5.74, 6) is 1.77. The summed E-state index contributed by atoms with van der Waals surface area (Å²) < 4.78 is 10.8. The van der Waals surface area contributed by atoms with Gasteiger partial charge in [0.05, 0.1) is 7.11 Å². The van der Waals surface area contributed by atoms with E-state index in [0.29, 0.717) is 18.1 Å². The average Bonchev–Trinajstić information content (AvgIpc) is 2.44. The number of hydrogen-bond donors (Lipinski definition) is 1. The predicted molar refractivity (Wildman–Crippen MR) is 80.1 cm³/mol. The normalized spacial score (nSPS) is 13.7. The van der Waals surface area contributed by atoms with Gasteiger partial charge in [0, 0.05) is 6.04 Å². The maximum atomic E-state index is 12.2. The van der Waals surface area contributed by atoms with Crippen molar-refractivity contribution in [3.63, 3.8) is 0 Å². The van der Waals surface area contributed by atoms with Crippen LogP contribution in [0.3, 0.4) is 0 Å². The lowest BCUT2D eigenvalue weighted by Gasteiger charge is -2.22. The molecule has 0 aromatic heterocycles. The number of carbonyl (C=O) groups is 1. The molecule has 0 radical (unpaired) electrons. The van der Waals surface area contributed by atoms with Crippen LogP contribution in [0.15, 0.2) is 24.3 Å². The molecule has 0 saturated carbocycles. The second-order valence-electron chi connectivity index (χ2n) is 5.23. The topological polar surface area (TPSA) is 47.6 Å². The Morgan fingerprint density at radius 3 is 2.15 bits per heavy atom. The monoisotopic (exact) mass is 279 g/mol. The van der Waals surface area contributed by atoms with E-state index in [1.165, 1.54) is 0 Å². The van der Waals surface area contributed by atoms with Crippen molar-refractivity contribution in [2.75, 3.05) is 7.11 Å². The average molecular weight is 279 g/mol. The third kappa shape index (κ3) is 4.76. The van der Waals surface area contributed by atoms with E-state index in [-0.39, 0.29) is 11.9 Å². The second-order valence-corrected chi connectivity index (χ2v) is 5.23. The smallest absolute Gasteiger partial charge is 0.261 e. The number of methoxy groups -OCH3 is 1. The quantitative estimate of drug-likeness (QED) is 0.834. The summed E-state index contributed by atoms with van der Waals surface area (Å²) in [6.07, 6.45) is 0.160. The molecule has 112 valence electrons. The fraction of sp³-hybridized carbons (Fsp3) is 0.562. The molecule has 0 saturated heterocycles. The van der Waals surface area contributed by atoms with Gasteiger partial charge in [-0.15, -0.1) is 0 Å². The summed E-state index contributed by atoms with van der Waals surface area (Å²) in [6.45, 7) is 8.10. The van der Waals surface area contributed by atoms with Crippen LogP contribution < -0.4 is 14.8 Å². The van der Waals surface area contributed by atoms with Gasteiger partial charge in [-0.3, -0.25) is 4.79 Å². The maximum Gasteiger partial charge on any atom is 0.261 e. The molecule has 0 unspecified atom stereocenters. The highest BCUT2D eigenvalue weighted by Crippen LogP contribution is 2.19. The van der Waals surface area contributed by atoms with Crippen molar-refractivity contribution in [1.82, 2.24) is 5.32 Å². The Balaban J connectivity index is 2.63. The highest BCUT2D eigenvalue weighted by molar-refractivity contribution is 5.81. The lowest BCUT2D eigenvalue weighted by Crippen LogP contribution is -2.44. The summed E-state index contributed by atoms with van der Waals surface area (Å²) in [7, 11) is 1.62. The minimum absolute atomic E-state index is 0.0653. The van der Waals surface area contributed by atoms with Gasteiger partial charge in [0.25, 0.3) is 5.91 Å². The molecule has 0 aliphatic carbocycles. The van der Waals surface area contributed by atoms with Gasteiger partial charge in [-0.2, -0.15) is 0 Å². The van der Waals surface area contributed by atoms with Crippen LogP contribution in [-0.2, 0) is 4.79 Å². The first kappa shape index (κ1) is 16.3. The molecule has 0 aliphatic heterocycles. The van der Waals surface area contributed by atoms with E-state index in [4.69, 9.17) is 9.47 Å². The standard InChI is InChI=1S/C16H25NO3/c1-6-15(16(18)17-12(4)11(2)3)20-14-9-7-13(19-5)8-10-14/h7-12,15H,6H2,1-5H3,(H,17,18)/t12-,15-/m0/s1. The van der Waals surface area contributed by atoms with Crippen LogP contribution in [0.1, 0.15) is 34.1 Å². The van der Waals surface area contributed by atoms with Gasteiger partial charge in [-0.1, -0.05) is 20.8 Å². The van der Waals surface area contributed by atoms with E-state index >= 15 is 0 Å². The minimum atomic E-state index is -0.468. The molecule has 1 N–H and O–H groups in total. The molecule has 1 amide bonds. The van der Waals surface area contributed by atoms with Crippen molar-refractivity contribution in [1.29, 1.82) is 0 Å². The molecular formula is C16H25NO3. The summed E-state index contributed by atoms with van der Waals surface area (Å²) in [4.78, 5) is 12.2. The Morgan fingerprint density at radius 2 is 1.70 bits per heavy atom. The molecule has 0 fully saturated rings. The largest absolute Gasteiger partial charge is 0.497 e. The van der Waals surface area contributed by atoms with E-state index in [9.17, 15) is 4.79 Å². The van der Waals surface area contributed by atoms with Crippen LogP contribution >= 0.6 is 0 Å². The van der Waals surface area contributed by atoms with Crippen LogP contribution in [-0.4, -0.2) is 25.2 Å². The van der Waals surface area contributed by atoms with E-state index in [1.807, 2.05) is 26.0 Å². The van der Waals surface area contributed by atoms with Crippen LogP contribution in [0.2, 0.25) is 0 Å². The summed E-state index contributed by atoms with van der Waals surface area (Å²) >= 11 is 0. The number of benzene rings is 1. The molecule has 1 rings (SSSR count). The van der Waals surface area contributed by atoms with Crippen molar-refractivity contribution in [3.8, 4) is 11.5 Å². The van der Waals surface area contributed by atoms with Crippen molar-refractivity contribution >= 4 is 5.91 Å². The highest BCUT2D eigenvalue weighted by atomic mass is 16.5. The van der Waals surface area contributed by atoms with Gasteiger partial charge in [0.15, 0.2) is 6.10 Å². The summed E-state index contributed by atoms with van der Waals surface area (Å²) in [5.41, 5.74) is 0. The molecular weight excluding hydrogens is 254 g/mol. The fourth-order valence-electron chi connectivity index (χ4n) is 1.62. The Kier molecular flexibility index (Phi) is 6.36. The van der Waals surface area contributed by atoms with E-state index in [2.05, 4.69) is 19.2 Å². The Morgan fingerprint density at radius 1 is 1.15 bits per heavy atom. The van der Waals surface area contributed by atoms with Gasteiger partial charge in [0.2, 0.25) is 0 Å². The van der Waals surface area contributed by atoms with Crippen LogP contribution in [0, 0.1) is 5.92 Å². The summed E-state index contributed by atoms with van der Waals surface area (Å²) in [6, 6.07) is 7.38. The molecule has 2 atom stereocenters. The van der Waals surface area contributed by atoms with Crippen LogP contribution in [0.25, 0.3) is 0 Å². The first-order valence-electron chi connectivity index (χ1n) is 7.09. The maximum absolute atomic E-state index is 12.2. The Labute approximate surface area is 121 Å². The fourth-order valence-corrected chi connectivity index (χ4v) is 1.62. The van der Waals surface area contributed by atoms with Crippen molar-refractivity contribution in [2.45, 2.75) is 46.3 Å². The van der Waals surface area contributed by atoms with Gasteiger partial charge in [-0.05, 0) is 43.5 Å². The molecule has 1 aromatic carbocycles. The van der Waals surface area contributed by atoms with Gasteiger partial charge in [-0.25, -0.2) is 0 Å². The molecule has 0 bridgehead atoms. The number of amides is 1. The van der Waals surface area contributed by atoms with Crippen molar-refractivity contribution < 1.29 is 14.3 Å². The number of carbonyl (C=O) groups excluding carboxylic acids is 1. The minimum Gasteiger partial charge on any atom is -0.497 e.